The number of imidazole rings is 1. The third-order valence-corrected chi connectivity index (χ3v) is 2.60. The number of hydrogen-bond donors (Lipinski definition) is 1. The minimum absolute atomic E-state index is 0.174. The van der Waals surface area contributed by atoms with Crippen LogP contribution in [-0.4, -0.2) is 34.7 Å². The van der Waals surface area contributed by atoms with Crippen molar-refractivity contribution in [2.24, 2.45) is 0 Å². The number of aromatic nitrogens is 2. The molecule has 0 aliphatic carbocycles. The number of rotatable bonds is 7. The van der Waals surface area contributed by atoms with Crippen LogP contribution in [0.25, 0.3) is 0 Å². The highest BCUT2D eigenvalue weighted by atomic mass is 16.5. The van der Waals surface area contributed by atoms with E-state index in [0.717, 1.165) is 18.9 Å². The lowest BCUT2D eigenvalue weighted by molar-refractivity contribution is -0.145. The van der Waals surface area contributed by atoms with Crippen molar-refractivity contribution >= 4 is 5.97 Å². The lowest BCUT2D eigenvalue weighted by atomic mass is 10.2. The maximum Gasteiger partial charge on any atom is 0.323 e. The number of nitrogens with zero attached hydrogens (tertiary/aromatic N) is 2. The molecule has 0 fully saturated rings. The second-order valence-electron chi connectivity index (χ2n) is 3.82. The molecule has 96 valence electrons. The fourth-order valence-corrected chi connectivity index (χ4v) is 1.70. The molecule has 1 aromatic rings. The zero-order valence-electron chi connectivity index (χ0n) is 10.8. The number of esters is 1. The molecule has 1 heterocycles. The number of carbonyl (C=O) groups is 1. The van der Waals surface area contributed by atoms with Gasteiger partial charge >= 0.3 is 5.97 Å². The fraction of sp³-hybridized carbons (Fsp3) is 0.667. The molecule has 0 saturated heterocycles. The van der Waals surface area contributed by atoms with Gasteiger partial charge in [-0.1, -0.05) is 6.92 Å². The van der Waals surface area contributed by atoms with Crippen molar-refractivity contribution in [1.82, 2.24) is 14.9 Å². The molecule has 1 rings (SSSR count). The van der Waals surface area contributed by atoms with Crippen molar-refractivity contribution in [1.29, 1.82) is 0 Å². The van der Waals surface area contributed by atoms with E-state index in [9.17, 15) is 4.79 Å². The van der Waals surface area contributed by atoms with Crippen LogP contribution in [-0.2, 0) is 16.1 Å². The summed E-state index contributed by atoms with van der Waals surface area (Å²) in [6.07, 6.45) is 4.40. The Kier molecular flexibility index (Phi) is 5.69. The Balaban J connectivity index is 2.49. The van der Waals surface area contributed by atoms with Crippen LogP contribution < -0.4 is 5.32 Å². The summed E-state index contributed by atoms with van der Waals surface area (Å²) in [6.45, 7) is 7.70. The van der Waals surface area contributed by atoms with Crippen LogP contribution in [0.2, 0.25) is 0 Å². The molecule has 5 nitrogen and oxygen atoms in total. The third-order valence-electron chi connectivity index (χ3n) is 2.60. The first-order chi connectivity index (χ1) is 8.19. The zero-order chi connectivity index (χ0) is 12.7. The van der Waals surface area contributed by atoms with Crippen LogP contribution in [0.1, 0.15) is 26.1 Å². The summed E-state index contributed by atoms with van der Waals surface area (Å²) in [5.41, 5.74) is 0. The van der Waals surface area contributed by atoms with E-state index >= 15 is 0 Å². The van der Waals surface area contributed by atoms with Crippen molar-refractivity contribution in [3.05, 3.63) is 18.2 Å². The Hall–Kier alpha value is -1.36. The van der Waals surface area contributed by atoms with Crippen LogP contribution in [0.5, 0.6) is 0 Å². The van der Waals surface area contributed by atoms with Crippen LogP contribution in [0.3, 0.4) is 0 Å². The van der Waals surface area contributed by atoms with Crippen LogP contribution in [0, 0.1) is 6.92 Å². The van der Waals surface area contributed by atoms with Gasteiger partial charge in [0, 0.05) is 18.9 Å². The van der Waals surface area contributed by atoms with Gasteiger partial charge in [0.15, 0.2) is 0 Å². The Labute approximate surface area is 102 Å². The summed E-state index contributed by atoms with van der Waals surface area (Å²) in [4.78, 5) is 15.8. The van der Waals surface area contributed by atoms with Gasteiger partial charge in [-0.3, -0.25) is 4.79 Å². The largest absolute Gasteiger partial charge is 0.465 e. The summed E-state index contributed by atoms with van der Waals surface area (Å²) in [7, 11) is 0. The molecular weight excluding hydrogens is 218 g/mol. The molecule has 0 aliphatic rings. The van der Waals surface area contributed by atoms with Crippen molar-refractivity contribution in [3.63, 3.8) is 0 Å². The minimum Gasteiger partial charge on any atom is -0.465 e. The SMILES string of the molecule is CCNC(CCn1ccnc1C)C(=O)OCC. The van der Waals surface area contributed by atoms with E-state index in [2.05, 4.69) is 10.3 Å². The first-order valence-corrected chi connectivity index (χ1v) is 6.06. The Morgan fingerprint density at radius 1 is 1.59 bits per heavy atom. The number of hydrogen-bond acceptors (Lipinski definition) is 4. The molecule has 17 heavy (non-hydrogen) atoms. The molecule has 1 N–H and O–H groups in total. The predicted molar refractivity (Wildman–Crippen MR) is 65.7 cm³/mol. The van der Waals surface area contributed by atoms with Crippen molar-refractivity contribution in [2.45, 2.75) is 39.8 Å². The quantitative estimate of drug-likeness (QED) is 0.724. The number of ether oxygens (including phenoxy) is 1. The molecule has 5 heteroatoms. The second kappa shape index (κ2) is 7.06. The highest BCUT2D eigenvalue weighted by molar-refractivity contribution is 5.75. The Morgan fingerprint density at radius 2 is 2.35 bits per heavy atom. The third kappa shape index (κ3) is 4.19. The van der Waals surface area contributed by atoms with E-state index in [1.54, 1.807) is 6.20 Å². The monoisotopic (exact) mass is 239 g/mol. The number of likely N-dealkylation sites (N-methyl/N-ethyl adjacent to an activating group) is 1. The van der Waals surface area contributed by atoms with Crippen molar-refractivity contribution < 1.29 is 9.53 Å². The molecular formula is C12H21N3O2. The van der Waals surface area contributed by atoms with E-state index in [1.807, 2.05) is 31.5 Å². The van der Waals surface area contributed by atoms with Crippen LogP contribution in [0.15, 0.2) is 12.4 Å². The highest BCUT2D eigenvalue weighted by Crippen LogP contribution is 2.02. The number of aryl methyl sites for hydroxylation is 2. The van der Waals surface area contributed by atoms with E-state index in [1.165, 1.54) is 0 Å². The van der Waals surface area contributed by atoms with E-state index in [4.69, 9.17) is 4.74 Å². The van der Waals surface area contributed by atoms with Crippen LogP contribution in [0.4, 0.5) is 0 Å². The maximum atomic E-state index is 11.7. The summed E-state index contributed by atoms with van der Waals surface area (Å²) in [5.74, 6) is 0.788. The highest BCUT2D eigenvalue weighted by Gasteiger charge is 2.18. The smallest absolute Gasteiger partial charge is 0.323 e. The summed E-state index contributed by atoms with van der Waals surface area (Å²) >= 11 is 0. The minimum atomic E-state index is -0.234. The zero-order valence-corrected chi connectivity index (χ0v) is 10.8. The maximum absolute atomic E-state index is 11.7. The Morgan fingerprint density at radius 3 is 2.88 bits per heavy atom. The lowest BCUT2D eigenvalue weighted by Crippen LogP contribution is -2.38. The first kappa shape index (κ1) is 13.7. The average molecular weight is 239 g/mol. The molecule has 0 aliphatic heterocycles. The Bertz CT molecular complexity index is 349. The van der Waals surface area contributed by atoms with Gasteiger partial charge in [-0.05, 0) is 26.8 Å². The molecule has 1 aromatic heterocycles. The van der Waals surface area contributed by atoms with Crippen molar-refractivity contribution in [2.75, 3.05) is 13.2 Å². The molecule has 0 amide bonds. The summed E-state index contributed by atoms with van der Waals surface area (Å²) < 4.78 is 7.06. The van der Waals surface area contributed by atoms with Gasteiger partial charge in [0.1, 0.15) is 11.9 Å². The standard InChI is InChI=1S/C12H21N3O2/c1-4-13-11(12(16)17-5-2)6-8-15-9-7-14-10(15)3/h7,9,11,13H,4-6,8H2,1-3H3. The lowest BCUT2D eigenvalue weighted by Gasteiger charge is -2.16. The molecule has 1 atom stereocenters. The topological polar surface area (TPSA) is 56.2 Å². The molecule has 0 bridgehead atoms. The van der Waals surface area contributed by atoms with E-state index in [-0.39, 0.29) is 12.0 Å². The molecule has 0 aromatic carbocycles. The number of nitrogens with one attached hydrogen (secondary N) is 1. The number of carbonyl (C=O) groups excluding carboxylic acids is 1. The van der Waals surface area contributed by atoms with Gasteiger partial charge in [-0.2, -0.15) is 0 Å². The predicted octanol–water partition coefficient (Wildman–Crippen LogP) is 1.12. The van der Waals surface area contributed by atoms with Gasteiger partial charge in [0.2, 0.25) is 0 Å². The summed E-state index contributed by atoms with van der Waals surface area (Å²) in [5, 5.41) is 3.14. The fourth-order valence-electron chi connectivity index (χ4n) is 1.70. The van der Waals surface area contributed by atoms with E-state index < -0.39 is 0 Å². The summed E-state index contributed by atoms with van der Waals surface area (Å²) in [6, 6.07) is -0.234. The van der Waals surface area contributed by atoms with Crippen molar-refractivity contribution in [3.8, 4) is 0 Å². The molecule has 0 saturated carbocycles. The average Bonchev–Trinajstić information content (AvgIpc) is 2.70. The molecule has 0 radical (unpaired) electrons. The normalized spacial score (nSPS) is 12.4. The van der Waals surface area contributed by atoms with Gasteiger partial charge in [0.25, 0.3) is 0 Å². The first-order valence-electron chi connectivity index (χ1n) is 6.06. The van der Waals surface area contributed by atoms with Crippen LogP contribution >= 0.6 is 0 Å². The van der Waals surface area contributed by atoms with Gasteiger partial charge in [-0.15, -0.1) is 0 Å². The van der Waals surface area contributed by atoms with E-state index in [0.29, 0.717) is 13.0 Å². The second-order valence-corrected chi connectivity index (χ2v) is 3.82. The molecule has 0 spiro atoms. The van der Waals surface area contributed by atoms with Gasteiger partial charge in [0.05, 0.1) is 6.61 Å². The molecule has 1 unspecified atom stereocenters. The van der Waals surface area contributed by atoms with Gasteiger partial charge < -0.3 is 14.6 Å². The van der Waals surface area contributed by atoms with Gasteiger partial charge in [-0.25, -0.2) is 4.98 Å².